The predicted octanol–water partition coefficient (Wildman–Crippen LogP) is 1.25. The normalized spacial score (nSPS) is 18.6. The minimum Gasteiger partial charge on any atom is -0.481 e. The van der Waals surface area contributed by atoms with E-state index in [1.165, 1.54) is 17.3 Å². The number of nitrogens with one attached hydrogen (secondary N) is 1. The van der Waals surface area contributed by atoms with Gasteiger partial charge in [0.25, 0.3) is 5.91 Å². The first-order chi connectivity index (χ1) is 9.56. The highest BCUT2D eigenvalue weighted by molar-refractivity contribution is 6.05. The van der Waals surface area contributed by atoms with Crippen molar-refractivity contribution in [2.45, 2.75) is 6.42 Å². The third-order valence-corrected chi connectivity index (χ3v) is 3.54. The van der Waals surface area contributed by atoms with Crippen LogP contribution in [0, 0.1) is 11.7 Å². The van der Waals surface area contributed by atoms with Gasteiger partial charge < -0.3 is 15.0 Å². The number of nitrogens with zero attached hydrogens (tertiary/aromatic N) is 2. The molecule has 1 atom stereocenters. The zero-order valence-corrected chi connectivity index (χ0v) is 10.5. The lowest BCUT2D eigenvalue weighted by atomic mass is 10.1. The van der Waals surface area contributed by atoms with Crippen molar-refractivity contribution < 1.29 is 19.1 Å². The van der Waals surface area contributed by atoms with Crippen molar-refractivity contribution in [3.63, 3.8) is 0 Å². The number of carboxylic acid groups (broad SMARTS) is 1. The fraction of sp³-hybridized carbons (Fsp3) is 0.308. The van der Waals surface area contributed by atoms with Crippen LogP contribution in [0.4, 0.5) is 4.39 Å². The van der Waals surface area contributed by atoms with E-state index in [1.54, 1.807) is 0 Å². The Kier molecular flexibility index (Phi) is 2.89. The van der Waals surface area contributed by atoms with Gasteiger partial charge in [0.1, 0.15) is 11.3 Å². The number of amides is 1. The second-order valence-electron chi connectivity index (χ2n) is 4.83. The number of carbonyl (C=O) groups is 2. The molecule has 2 aromatic rings. The third kappa shape index (κ3) is 2.01. The average Bonchev–Trinajstić information content (AvgIpc) is 3.05. The molecule has 0 spiro atoms. The zero-order chi connectivity index (χ0) is 14.3. The second kappa shape index (κ2) is 4.59. The quantitative estimate of drug-likeness (QED) is 0.865. The Bertz CT molecular complexity index is 697. The molecular formula is C13H12FN3O3. The van der Waals surface area contributed by atoms with Crippen molar-refractivity contribution in [1.29, 1.82) is 0 Å². The van der Waals surface area contributed by atoms with Crippen molar-refractivity contribution in [3.05, 3.63) is 29.8 Å². The molecule has 1 unspecified atom stereocenters. The molecule has 7 heteroatoms. The monoisotopic (exact) mass is 277 g/mol. The average molecular weight is 277 g/mol. The highest BCUT2D eigenvalue weighted by Gasteiger charge is 2.32. The first-order valence-electron chi connectivity index (χ1n) is 6.21. The summed E-state index contributed by atoms with van der Waals surface area (Å²) in [7, 11) is 0. The van der Waals surface area contributed by atoms with Crippen LogP contribution in [0.25, 0.3) is 11.0 Å². The van der Waals surface area contributed by atoms with Crippen LogP contribution in [0.15, 0.2) is 18.5 Å². The standard InChI is InChI=1S/C13H12FN3O3/c14-8-3-9(11-10(4-8)15-6-16-11)12(18)17-2-1-7(5-17)13(19)20/h3-4,6-7H,1-2,5H2,(H,15,16)(H,19,20). The summed E-state index contributed by atoms with van der Waals surface area (Å²) in [4.78, 5) is 31.5. The molecule has 20 heavy (non-hydrogen) atoms. The maximum absolute atomic E-state index is 13.5. The minimum absolute atomic E-state index is 0.149. The van der Waals surface area contributed by atoms with Crippen molar-refractivity contribution in [2.75, 3.05) is 13.1 Å². The Balaban J connectivity index is 1.93. The molecule has 2 heterocycles. The summed E-state index contributed by atoms with van der Waals surface area (Å²) in [5.41, 5.74) is 1.00. The molecule has 1 aromatic heterocycles. The smallest absolute Gasteiger partial charge is 0.308 e. The lowest BCUT2D eigenvalue weighted by Crippen LogP contribution is -2.30. The number of hydrogen-bond donors (Lipinski definition) is 2. The van der Waals surface area contributed by atoms with Gasteiger partial charge in [0, 0.05) is 13.1 Å². The van der Waals surface area contributed by atoms with Gasteiger partial charge in [0.05, 0.1) is 23.3 Å². The number of rotatable bonds is 2. The summed E-state index contributed by atoms with van der Waals surface area (Å²) in [6.07, 6.45) is 1.81. The summed E-state index contributed by atoms with van der Waals surface area (Å²) in [5, 5.41) is 8.95. The molecule has 1 fully saturated rings. The molecule has 1 aliphatic rings. The number of halogens is 1. The van der Waals surface area contributed by atoms with E-state index in [9.17, 15) is 14.0 Å². The van der Waals surface area contributed by atoms with E-state index in [0.717, 1.165) is 6.07 Å². The number of aliphatic carboxylic acids is 1. The molecule has 0 saturated carbocycles. The lowest BCUT2D eigenvalue weighted by molar-refractivity contribution is -0.141. The van der Waals surface area contributed by atoms with Crippen LogP contribution in [0.3, 0.4) is 0 Å². The highest BCUT2D eigenvalue weighted by atomic mass is 19.1. The number of imidazole rings is 1. The number of carboxylic acids is 1. The number of benzene rings is 1. The fourth-order valence-corrected chi connectivity index (χ4v) is 2.49. The molecular weight excluding hydrogens is 265 g/mol. The van der Waals surface area contributed by atoms with Gasteiger partial charge >= 0.3 is 5.97 Å². The number of carbonyl (C=O) groups excluding carboxylic acids is 1. The van der Waals surface area contributed by atoms with Crippen LogP contribution in [0.5, 0.6) is 0 Å². The summed E-state index contributed by atoms with van der Waals surface area (Å²) < 4.78 is 13.5. The summed E-state index contributed by atoms with van der Waals surface area (Å²) >= 11 is 0. The minimum atomic E-state index is -0.913. The molecule has 3 rings (SSSR count). The number of likely N-dealkylation sites (tertiary alicyclic amines) is 1. The first kappa shape index (κ1) is 12.6. The fourth-order valence-electron chi connectivity index (χ4n) is 2.49. The molecule has 6 nitrogen and oxygen atoms in total. The number of aromatic nitrogens is 2. The van der Waals surface area contributed by atoms with Crippen LogP contribution in [0.1, 0.15) is 16.8 Å². The number of H-pyrrole nitrogens is 1. The SMILES string of the molecule is O=C(O)C1CCN(C(=O)c2cc(F)cc3[nH]cnc23)C1. The van der Waals surface area contributed by atoms with Gasteiger partial charge in [-0.15, -0.1) is 0 Å². The maximum Gasteiger partial charge on any atom is 0.308 e. The Hall–Kier alpha value is -2.44. The van der Waals surface area contributed by atoms with E-state index in [2.05, 4.69) is 9.97 Å². The van der Waals surface area contributed by atoms with Gasteiger partial charge in [-0.1, -0.05) is 0 Å². The van der Waals surface area contributed by atoms with E-state index in [4.69, 9.17) is 5.11 Å². The molecule has 1 amide bonds. The van der Waals surface area contributed by atoms with Crippen LogP contribution >= 0.6 is 0 Å². The molecule has 104 valence electrons. The van der Waals surface area contributed by atoms with E-state index >= 15 is 0 Å². The van der Waals surface area contributed by atoms with Crippen molar-refractivity contribution in [2.24, 2.45) is 5.92 Å². The van der Waals surface area contributed by atoms with Crippen molar-refractivity contribution in [1.82, 2.24) is 14.9 Å². The van der Waals surface area contributed by atoms with E-state index in [1.807, 2.05) is 0 Å². The number of hydrogen-bond acceptors (Lipinski definition) is 3. The molecule has 0 aliphatic carbocycles. The number of aromatic amines is 1. The third-order valence-electron chi connectivity index (χ3n) is 3.54. The highest BCUT2D eigenvalue weighted by Crippen LogP contribution is 2.23. The topological polar surface area (TPSA) is 86.3 Å². The zero-order valence-electron chi connectivity index (χ0n) is 10.5. The van der Waals surface area contributed by atoms with Gasteiger partial charge in [0.15, 0.2) is 0 Å². The lowest BCUT2D eigenvalue weighted by Gasteiger charge is -2.16. The molecule has 1 aromatic carbocycles. The van der Waals surface area contributed by atoms with Crippen LogP contribution in [-0.2, 0) is 4.79 Å². The van der Waals surface area contributed by atoms with Gasteiger partial charge in [0.2, 0.25) is 0 Å². The van der Waals surface area contributed by atoms with Gasteiger partial charge in [-0.3, -0.25) is 9.59 Å². The summed E-state index contributed by atoms with van der Waals surface area (Å²) in [5.74, 6) is -2.38. The van der Waals surface area contributed by atoms with Gasteiger partial charge in [-0.05, 0) is 18.6 Å². The van der Waals surface area contributed by atoms with Crippen molar-refractivity contribution >= 4 is 22.9 Å². The predicted molar refractivity (Wildman–Crippen MR) is 67.7 cm³/mol. The Morgan fingerprint density at radius 1 is 1.45 bits per heavy atom. The summed E-state index contributed by atoms with van der Waals surface area (Å²) in [6.45, 7) is 0.509. The molecule has 1 aliphatic heterocycles. The molecule has 0 radical (unpaired) electrons. The van der Waals surface area contributed by atoms with Crippen LogP contribution < -0.4 is 0 Å². The second-order valence-corrected chi connectivity index (χ2v) is 4.83. The van der Waals surface area contributed by atoms with Crippen LogP contribution in [-0.4, -0.2) is 44.9 Å². The summed E-state index contributed by atoms with van der Waals surface area (Å²) in [6, 6.07) is 2.41. The van der Waals surface area contributed by atoms with Gasteiger partial charge in [-0.2, -0.15) is 0 Å². The molecule has 1 saturated heterocycles. The molecule has 2 N–H and O–H groups in total. The largest absolute Gasteiger partial charge is 0.481 e. The first-order valence-corrected chi connectivity index (χ1v) is 6.21. The maximum atomic E-state index is 13.5. The Morgan fingerprint density at radius 2 is 2.25 bits per heavy atom. The Labute approximate surface area is 113 Å². The number of fused-ring (bicyclic) bond motifs is 1. The van der Waals surface area contributed by atoms with Crippen LogP contribution in [0.2, 0.25) is 0 Å². The molecule has 0 bridgehead atoms. The van der Waals surface area contributed by atoms with E-state index < -0.39 is 17.7 Å². The van der Waals surface area contributed by atoms with Crippen molar-refractivity contribution in [3.8, 4) is 0 Å². The van der Waals surface area contributed by atoms with E-state index in [0.29, 0.717) is 24.0 Å². The van der Waals surface area contributed by atoms with Gasteiger partial charge in [-0.25, -0.2) is 9.37 Å². The van der Waals surface area contributed by atoms with E-state index in [-0.39, 0.29) is 18.0 Å². The Morgan fingerprint density at radius 3 is 2.95 bits per heavy atom.